The van der Waals surface area contributed by atoms with Crippen LogP contribution in [-0.4, -0.2) is 28.0 Å². The molecule has 1 heterocycles. The lowest BCUT2D eigenvalue weighted by Gasteiger charge is -2.68. The van der Waals surface area contributed by atoms with Gasteiger partial charge in [0.1, 0.15) is 5.75 Å². The SMILES string of the molecule is CC(C)C1=C[C@@]23CC[C@@H]4[C@](C)(CCC[C@@]4(C)C(=O)O)[C@@H]2C[C@@H]1[C@H]1C(=O)N(c2ccc(O)cc2)C(=O)[C@@H]13. The average Bonchev–Trinajstić information content (AvgIpc) is 3.11. The van der Waals surface area contributed by atoms with Crippen molar-refractivity contribution in [3.63, 3.8) is 0 Å². The number of hydrogen-bond acceptors (Lipinski definition) is 4. The molecule has 5 aliphatic carbocycles. The summed E-state index contributed by atoms with van der Waals surface area (Å²) >= 11 is 0. The number of allylic oxidation sites excluding steroid dienone is 2. The summed E-state index contributed by atoms with van der Waals surface area (Å²) in [6, 6.07) is 6.33. The minimum absolute atomic E-state index is 0.00836. The number of carbonyl (C=O) groups excluding carboxylic acids is 2. The van der Waals surface area contributed by atoms with Gasteiger partial charge in [0.2, 0.25) is 11.8 Å². The lowest BCUT2D eigenvalue weighted by Crippen LogP contribution is -2.65. The maximum absolute atomic E-state index is 14.2. The highest BCUT2D eigenvalue weighted by Gasteiger charge is 2.73. The lowest BCUT2D eigenvalue weighted by atomic mass is 9.34. The van der Waals surface area contributed by atoms with Crippen molar-refractivity contribution in [1.29, 1.82) is 0 Å². The molecule has 6 heteroatoms. The van der Waals surface area contributed by atoms with E-state index in [2.05, 4.69) is 26.8 Å². The Labute approximate surface area is 212 Å². The van der Waals surface area contributed by atoms with Crippen molar-refractivity contribution in [3.8, 4) is 5.75 Å². The summed E-state index contributed by atoms with van der Waals surface area (Å²) < 4.78 is 0. The van der Waals surface area contributed by atoms with Gasteiger partial charge in [-0.25, -0.2) is 0 Å². The first kappa shape index (κ1) is 23.7. The normalized spacial score (nSPS) is 43.2. The summed E-state index contributed by atoms with van der Waals surface area (Å²) in [5.41, 5.74) is 0.482. The summed E-state index contributed by atoms with van der Waals surface area (Å²) in [5, 5.41) is 20.0. The fourth-order valence-corrected chi connectivity index (χ4v) is 9.81. The molecule has 3 saturated carbocycles. The number of benzene rings is 1. The number of nitrogens with zero attached hydrogens (tertiary/aromatic N) is 1. The largest absolute Gasteiger partial charge is 0.508 e. The summed E-state index contributed by atoms with van der Waals surface area (Å²) in [7, 11) is 0. The monoisotopic (exact) mass is 491 g/mol. The van der Waals surface area contributed by atoms with Crippen LogP contribution in [0.2, 0.25) is 0 Å². The van der Waals surface area contributed by atoms with E-state index in [1.807, 2.05) is 6.92 Å². The van der Waals surface area contributed by atoms with Crippen molar-refractivity contribution in [2.75, 3.05) is 4.90 Å². The highest BCUT2D eigenvalue weighted by Crippen LogP contribution is 2.74. The molecule has 7 rings (SSSR count). The van der Waals surface area contributed by atoms with Crippen molar-refractivity contribution in [1.82, 2.24) is 0 Å². The minimum Gasteiger partial charge on any atom is -0.508 e. The molecule has 0 radical (unpaired) electrons. The lowest BCUT2D eigenvalue weighted by molar-refractivity contribution is -0.194. The first-order chi connectivity index (χ1) is 17.0. The number of phenols is 1. The Hall–Kier alpha value is -2.63. The maximum Gasteiger partial charge on any atom is 0.309 e. The summed E-state index contributed by atoms with van der Waals surface area (Å²) in [5.74, 6) is -1.04. The van der Waals surface area contributed by atoms with Crippen LogP contribution < -0.4 is 4.90 Å². The molecular formula is C30H37NO5. The summed E-state index contributed by atoms with van der Waals surface area (Å²) in [6.07, 6.45) is 7.35. The molecule has 2 bridgehead atoms. The number of aliphatic carboxylic acids is 1. The Kier molecular flexibility index (Phi) is 4.92. The molecule has 1 saturated heterocycles. The molecule has 8 atom stereocenters. The first-order valence-corrected chi connectivity index (χ1v) is 13.6. The fraction of sp³-hybridized carbons (Fsp3) is 0.633. The van der Waals surface area contributed by atoms with E-state index in [-0.39, 0.29) is 46.7 Å². The van der Waals surface area contributed by atoms with Gasteiger partial charge in [-0.05, 0) is 92.4 Å². The van der Waals surface area contributed by atoms with Crippen molar-refractivity contribution >= 4 is 23.5 Å². The standard InChI is InChI=1S/C30H37NO5/c1-16(2)20-15-30-13-10-21-28(3,11-5-12-29(21,4)27(35)36)22(30)14-19(20)23-24(30)26(34)31(25(23)33)17-6-8-18(32)9-7-17/h6-9,15-16,19,21-24,32H,5,10-14H2,1-4H3,(H,35,36)/t19-,21+,22-,23+,24+,28-,29+,30-/m0/s1. The van der Waals surface area contributed by atoms with Gasteiger partial charge in [0, 0.05) is 5.41 Å². The second-order valence-corrected chi connectivity index (χ2v) is 13.0. The van der Waals surface area contributed by atoms with E-state index in [1.54, 1.807) is 12.1 Å². The molecular weight excluding hydrogens is 454 g/mol. The van der Waals surface area contributed by atoms with Crippen LogP contribution >= 0.6 is 0 Å². The van der Waals surface area contributed by atoms with E-state index in [1.165, 1.54) is 22.6 Å². The van der Waals surface area contributed by atoms with Crippen LogP contribution in [0.15, 0.2) is 35.9 Å². The Morgan fingerprint density at radius 2 is 1.72 bits per heavy atom. The van der Waals surface area contributed by atoms with Crippen LogP contribution in [0.5, 0.6) is 5.75 Å². The molecule has 1 aromatic rings. The zero-order valence-corrected chi connectivity index (χ0v) is 21.7. The van der Waals surface area contributed by atoms with Gasteiger partial charge in [-0.15, -0.1) is 0 Å². The number of phenolic OH excluding ortho intramolecular Hbond substituents is 1. The number of aromatic hydroxyl groups is 1. The number of carbonyl (C=O) groups is 3. The van der Waals surface area contributed by atoms with Gasteiger partial charge in [-0.2, -0.15) is 0 Å². The number of anilines is 1. The van der Waals surface area contributed by atoms with Gasteiger partial charge < -0.3 is 10.2 Å². The predicted molar refractivity (Wildman–Crippen MR) is 135 cm³/mol. The van der Waals surface area contributed by atoms with Crippen LogP contribution in [0.3, 0.4) is 0 Å². The van der Waals surface area contributed by atoms with E-state index in [0.717, 1.165) is 32.1 Å². The third-order valence-electron chi connectivity index (χ3n) is 11.3. The van der Waals surface area contributed by atoms with Gasteiger partial charge in [0.15, 0.2) is 0 Å². The zero-order chi connectivity index (χ0) is 25.8. The Balaban J connectivity index is 1.49. The number of hydrogen-bond donors (Lipinski definition) is 2. The number of carboxylic acids is 1. The second kappa shape index (κ2) is 7.45. The van der Waals surface area contributed by atoms with Crippen LogP contribution in [0.25, 0.3) is 0 Å². The van der Waals surface area contributed by atoms with Crippen molar-refractivity contribution < 1.29 is 24.6 Å². The number of amides is 2. The van der Waals surface area contributed by atoms with Crippen LogP contribution in [0.4, 0.5) is 5.69 Å². The number of imide groups is 1. The highest BCUT2D eigenvalue weighted by atomic mass is 16.4. The maximum atomic E-state index is 14.2. The second-order valence-electron chi connectivity index (χ2n) is 13.0. The number of carboxylic acid groups (broad SMARTS) is 1. The van der Waals surface area contributed by atoms with Crippen LogP contribution in [0, 0.1) is 51.8 Å². The molecule has 1 aliphatic heterocycles. The van der Waals surface area contributed by atoms with Gasteiger partial charge >= 0.3 is 5.97 Å². The van der Waals surface area contributed by atoms with E-state index >= 15 is 0 Å². The van der Waals surface area contributed by atoms with Crippen LogP contribution in [0.1, 0.15) is 66.2 Å². The van der Waals surface area contributed by atoms with E-state index in [9.17, 15) is 24.6 Å². The molecule has 0 aromatic heterocycles. The smallest absolute Gasteiger partial charge is 0.309 e. The molecule has 1 spiro atoms. The van der Waals surface area contributed by atoms with Gasteiger partial charge in [0.25, 0.3) is 0 Å². The third kappa shape index (κ3) is 2.76. The molecule has 6 aliphatic rings. The third-order valence-corrected chi connectivity index (χ3v) is 11.3. The molecule has 1 aromatic carbocycles. The zero-order valence-electron chi connectivity index (χ0n) is 21.7. The Morgan fingerprint density at radius 3 is 2.36 bits per heavy atom. The van der Waals surface area contributed by atoms with Crippen LogP contribution in [-0.2, 0) is 14.4 Å². The molecule has 4 fully saturated rings. The fourth-order valence-electron chi connectivity index (χ4n) is 9.81. The number of fused-ring (bicyclic) bond motifs is 1. The van der Waals surface area contributed by atoms with E-state index in [0.29, 0.717) is 18.0 Å². The Morgan fingerprint density at radius 1 is 1.03 bits per heavy atom. The quantitative estimate of drug-likeness (QED) is 0.436. The molecule has 2 N–H and O–H groups in total. The molecule has 192 valence electrons. The van der Waals surface area contributed by atoms with Crippen molar-refractivity contribution in [2.45, 2.75) is 66.2 Å². The minimum atomic E-state index is -0.747. The predicted octanol–water partition coefficient (Wildman–Crippen LogP) is 5.41. The molecule has 2 amide bonds. The van der Waals surface area contributed by atoms with E-state index < -0.39 is 22.7 Å². The van der Waals surface area contributed by atoms with E-state index in [4.69, 9.17) is 0 Å². The topological polar surface area (TPSA) is 94.9 Å². The summed E-state index contributed by atoms with van der Waals surface area (Å²) in [4.78, 5) is 42.0. The van der Waals surface area contributed by atoms with Gasteiger partial charge in [-0.1, -0.05) is 38.8 Å². The average molecular weight is 492 g/mol. The van der Waals surface area contributed by atoms with Gasteiger partial charge in [0.05, 0.1) is 22.9 Å². The summed E-state index contributed by atoms with van der Waals surface area (Å²) in [6.45, 7) is 8.59. The molecule has 6 nitrogen and oxygen atoms in total. The first-order valence-electron chi connectivity index (χ1n) is 13.6. The molecule has 0 unspecified atom stereocenters. The van der Waals surface area contributed by atoms with Gasteiger partial charge in [-0.3, -0.25) is 19.3 Å². The van der Waals surface area contributed by atoms with Crippen molar-refractivity contribution in [2.24, 2.45) is 51.8 Å². The Bertz CT molecular complexity index is 1190. The highest BCUT2D eigenvalue weighted by molar-refractivity contribution is 6.23. The van der Waals surface area contributed by atoms with Crippen molar-refractivity contribution in [3.05, 3.63) is 35.9 Å². The molecule has 36 heavy (non-hydrogen) atoms. The number of rotatable bonds is 3.